The van der Waals surface area contributed by atoms with Crippen LogP contribution < -0.4 is 0 Å². The zero-order valence-electron chi connectivity index (χ0n) is 32.4. The fraction of sp³-hybridized carbons (Fsp3) is 1.00. The standard InChI is InChI=1S/C40H84N2O2.2ClH.Cu/c1-6-8-10-12-14-16-18-20-22-24-26-28-30-32-36-43-39-40(38-42(5)35-34-41(3)4)44-37-33-31-29-27-25-23-21-19-17-15-13-11-9-7-2;;;/h40H,6-39H2,1-5H3;2*1H;/q;;;+2/p-2. The first kappa shape index (κ1) is 50.0. The summed E-state index contributed by atoms with van der Waals surface area (Å²) in [6.45, 7) is 10.2. The van der Waals surface area contributed by atoms with Gasteiger partial charge in [-0.2, -0.15) is 0 Å². The Morgan fingerprint density at radius 2 is 0.787 bits per heavy atom. The summed E-state index contributed by atoms with van der Waals surface area (Å²) in [4.78, 5) is 4.67. The van der Waals surface area contributed by atoms with Crippen LogP contribution in [0.5, 0.6) is 0 Å². The van der Waals surface area contributed by atoms with Gasteiger partial charge in [0.25, 0.3) is 0 Å². The van der Waals surface area contributed by atoms with Gasteiger partial charge >= 0.3 is 33.3 Å². The van der Waals surface area contributed by atoms with Gasteiger partial charge in [-0.15, -0.1) is 0 Å². The quantitative estimate of drug-likeness (QED) is 0.0462. The minimum atomic E-state index is 0.191. The van der Waals surface area contributed by atoms with Gasteiger partial charge in [0.2, 0.25) is 0 Å². The molecule has 0 aromatic carbocycles. The Hall–Kier alpha value is 0.939. The van der Waals surface area contributed by atoms with Crippen LogP contribution in [-0.4, -0.2) is 76.5 Å². The van der Waals surface area contributed by atoms with E-state index in [1.54, 1.807) is 0 Å². The van der Waals surface area contributed by atoms with Crippen molar-refractivity contribution >= 4 is 20.2 Å². The molecular weight excluding hydrogens is 675 g/mol. The van der Waals surface area contributed by atoms with Gasteiger partial charge in [-0.25, -0.2) is 0 Å². The molecule has 0 aromatic heterocycles. The summed E-state index contributed by atoms with van der Waals surface area (Å²) in [7, 11) is 15.9. The van der Waals surface area contributed by atoms with Crippen molar-refractivity contribution in [2.45, 2.75) is 200 Å². The van der Waals surface area contributed by atoms with Crippen molar-refractivity contribution in [1.82, 2.24) is 9.80 Å². The normalized spacial score (nSPS) is 12.3. The fourth-order valence-corrected chi connectivity index (χ4v) is 6.12. The molecule has 0 heterocycles. The summed E-state index contributed by atoms with van der Waals surface area (Å²) in [5.74, 6) is 0. The fourth-order valence-electron chi connectivity index (χ4n) is 6.12. The van der Waals surface area contributed by atoms with E-state index in [0.29, 0.717) is 0 Å². The van der Waals surface area contributed by atoms with Gasteiger partial charge in [-0.05, 0) is 34.0 Å². The van der Waals surface area contributed by atoms with Crippen molar-refractivity contribution < 1.29 is 22.6 Å². The molecule has 291 valence electrons. The SMILES string of the molecule is CCCCCCCCCCCCCCCCOCC(CN(C)CCN(C)C)OCCCCCCCCCCCCCCCC.[Cl][Cu][Cl]. The van der Waals surface area contributed by atoms with Crippen molar-refractivity contribution in [2.75, 3.05) is 60.6 Å². The molecular formula is C40H84Cl2CuN2O2. The van der Waals surface area contributed by atoms with Crippen molar-refractivity contribution in [3.63, 3.8) is 0 Å². The molecule has 0 aromatic rings. The molecule has 0 N–H and O–H groups in total. The average Bonchev–Trinajstić information content (AvgIpc) is 3.05. The maximum atomic E-state index is 6.37. The van der Waals surface area contributed by atoms with Crippen LogP contribution in [0.4, 0.5) is 0 Å². The van der Waals surface area contributed by atoms with E-state index in [9.17, 15) is 0 Å². The topological polar surface area (TPSA) is 24.9 Å². The second-order valence-electron chi connectivity index (χ2n) is 14.4. The van der Waals surface area contributed by atoms with Crippen molar-refractivity contribution in [3.05, 3.63) is 0 Å². The van der Waals surface area contributed by atoms with Gasteiger partial charge in [0.05, 0.1) is 12.7 Å². The van der Waals surface area contributed by atoms with Crippen LogP contribution in [-0.2, 0) is 22.6 Å². The molecule has 4 nitrogen and oxygen atoms in total. The monoisotopic (exact) mass is 758 g/mol. The number of rotatable bonds is 38. The van der Waals surface area contributed by atoms with E-state index < -0.39 is 0 Å². The number of likely N-dealkylation sites (N-methyl/N-ethyl adjacent to an activating group) is 2. The molecule has 0 bridgehead atoms. The summed E-state index contributed by atoms with van der Waals surface area (Å²) in [5.41, 5.74) is 0. The average molecular weight is 760 g/mol. The van der Waals surface area contributed by atoms with Crippen LogP contribution >= 0.6 is 20.2 Å². The van der Waals surface area contributed by atoms with Crippen molar-refractivity contribution in [3.8, 4) is 0 Å². The number of halogens is 2. The van der Waals surface area contributed by atoms with Crippen LogP contribution in [0.25, 0.3) is 0 Å². The molecule has 0 spiro atoms. The Balaban J connectivity index is 0. The molecule has 1 unspecified atom stereocenters. The van der Waals surface area contributed by atoms with E-state index in [-0.39, 0.29) is 6.10 Å². The van der Waals surface area contributed by atoms with Gasteiger partial charge < -0.3 is 19.3 Å². The number of unbranched alkanes of at least 4 members (excludes halogenated alkanes) is 26. The first-order chi connectivity index (χ1) is 23.0. The Bertz CT molecular complexity index is 548. The Labute approximate surface area is 311 Å². The summed E-state index contributed by atoms with van der Waals surface area (Å²) < 4.78 is 12.5. The molecule has 0 aliphatic carbocycles. The summed E-state index contributed by atoms with van der Waals surface area (Å²) >= 11 is 0.757. The minimum absolute atomic E-state index is 0.191. The number of hydrogen-bond donors (Lipinski definition) is 0. The first-order valence-electron chi connectivity index (χ1n) is 20.4. The van der Waals surface area contributed by atoms with E-state index in [0.717, 1.165) is 52.6 Å². The Kier molecular flexibility index (Phi) is 47.9. The van der Waals surface area contributed by atoms with Crippen LogP contribution in [0, 0.1) is 0 Å². The second-order valence-corrected chi connectivity index (χ2v) is 15.9. The van der Waals surface area contributed by atoms with Crippen molar-refractivity contribution in [2.24, 2.45) is 0 Å². The van der Waals surface area contributed by atoms with Gasteiger partial charge in [-0.1, -0.05) is 181 Å². The molecule has 0 saturated carbocycles. The molecule has 1 atom stereocenters. The third-order valence-corrected chi connectivity index (χ3v) is 9.24. The second kappa shape index (κ2) is 45.0. The third-order valence-electron chi connectivity index (χ3n) is 9.24. The van der Waals surface area contributed by atoms with E-state index in [1.807, 2.05) is 0 Å². The Morgan fingerprint density at radius 3 is 1.13 bits per heavy atom. The molecule has 0 amide bonds. The van der Waals surface area contributed by atoms with E-state index in [1.165, 1.54) is 180 Å². The van der Waals surface area contributed by atoms with Crippen molar-refractivity contribution in [1.29, 1.82) is 0 Å². The zero-order chi connectivity index (χ0) is 34.9. The predicted molar refractivity (Wildman–Crippen MR) is 209 cm³/mol. The molecule has 0 aliphatic heterocycles. The van der Waals surface area contributed by atoms with Gasteiger partial charge in [0.15, 0.2) is 0 Å². The molecule has 7 heteroatoms. The molecule has 0 aliphatic rings. The van der Waals surface area contributed by atoms with E-state index in [2.05, 4.69) is 65.0 Å². The molecule has 0 rings (SSSR count). The Morgan fingerprint density at radius 1 is 0.468 bits per heavy atom. The summed E-state index contributed by atoms with van der Waals surface area (Å²) in [5, 5.41) is 0. The van der Waals surface area contributed by atoms with Crippen LogP contribution in [0.1, 0.15) is 194 Å². The van der Waals surface area contributed by atoms with Gasteiger partial charge in [-0.3, -0.25) is 0 Å². The van der Waals surface area contributed by atoms with Crippen LogP contribution in [0.2, 0.25) is 0 Å². The number of hydrogen-bond acceptors (Lipinski definition) is 4. The number of ether oxygens (including phenoxy) is 2. The third kappa shape index (κ3) is 46.9. The summed E-state index contributed by atoms with van der Waals surface area (Å²) in [6.07, 6.45) is 39.4. The van der Waals surface area contributed by atoms with Gasteiger partial charge in [0, 0.05) is 32.8 Å². The molecule has 0 fully saturated rings. The summed E-state index contributed by atoms with van der Waals surface area (Å²) in [6, 6.07) is 0. The number of nitrogens with zero attached hydrogens (tertiary/aromatic N) is 2. The van der Waals surface area contributed by atoms with E-state index >= 15 is 0 Å². The molecule has 0 saturated heterocycles. The maximum absolute atomic E-state index is 6.37. The van der Waals surface area contributed by atoms with E-state index in [4.69, 9.17) is 9.47 Å². The van der Waals surface area contributed by atoms with Crippen LogP contribution in [0.15, 0.2) is 0 Å². The zero-order valence-corrected chi connectivity index (χ0v) is 34.8. The van der Waals surface area contributed by atoms with Gasteiger partial charge in [0.1, 0.15) is 0 Å². The first-order valence-corrected chi connectivity index (χ1v) is 22.9. The predicted octanol–water partition coefficient (Wildman–Crippen LogP) is 13.2. The molecule has 47 heavy (non-hydrogen) atoms. The van der Waals surface area contributed by atoms with Crippen LogP contribution in [0.3, 0.4) is 0 Å². The molecule has 0 radical (unpaired) electrons.